The average molecular weight is 390 g/mol. The lowest BCUT2D eigenvalue weighted by atomic mass is 10.0. The maximum absolute atomic E-state index is 12.8. The van der Waals surface area contributed by atoms with Crippen LogP contribution in [0.2, 0.25) is 0 Å². The van der Waals surface area contributed by atoms with Gasteiger partial charge in [-0.25, -0.2) is 4.98 Å². The topological polar surface area (TPSA) is 86.5 Å². The van der Waals surface area contributed by atoms with E-state index in [1.807, 2.05) is 38.1 Å². The third-order valence-corrected chi connectivity index (χ3v) is 5.59. The molecule has 2 saturated heterocycles. The lowest BCUT2D eigenvalue weighted by molar-refractivity contribution is -0.144. The molecule has 148 valence electrons. The number of hydrogen-bond acceptors (Lipinski definition) is 5. The summed E-state index contributed by atoms with van der Waals surface area (Å²) < 4.78 is 5.74. The largest absolute Gasteiger partial charge is 0.471 e. The summed E-state index contributed by atoms with van der Waals surface area (Å²) in [6.07, 6.45) is 1.62. The molecule has 1 aromatic carbocycles. The predicted octanol–water partition coefficient (Wildman–Crippen LogP) is 2.21. The van der Waals surface area contributed by atoms with Crippen molar-refractivity contribution in [1.29, 1.82) is 5.26 Å². The maximum atomic E-state index is 12.8. The highest BCUT2D eigenvalue weighted by atomic mass is 16.5. The molecule has 2 amide bonds. The van der Waals surface area contributed by atoms with Crippen LogP contribution in [0.25, 0.3) is 0 Å². The van der Waals surface area contributed by atoms with Gasteiger partial charge in [0.15, 0.2) is 0 Å². The van der Waals surface area contributed by atoms with Crippen molar-refractivity contribution in [3.05, 3.63) is 53.2 Å². The molecule has 7 nitrogen and oxygen atoms in total. The molecular weight excluding hydrogens is 368 g/mol. The molecule has 2 aliphatic heterocycles. The van der Waals surface area contributed by atoms with Crippen LogP contribution in [-0.4, -0.2) is 47.4 Å². The fourth-order valence-electron chi connectivity index (χ4n) is 3.68. The van der Waals surface area contributed by atoms with E-state index < -0.39 is 0 Å². The predicted molar refractivity (Wildman–Crippen MR) is 106 cm³/mol. The molecule has 4 rings (SSSR count). The molecule has 0 N–H and O–H groups in total. The molecule has 3 heterocycles. The molecule has 0 spiro atoms. The lowest BCUT2D eigenvalue weighted by Gasteiger charge is -2.39. The summed E-state index contributed by atoms with van der Waals surface area (Å²) in [5, 5.41) is 8.94. The van der Waals surface area contributed by atoms with Gasteiger partial charge < -0.3 is 14.5 Å². The standard InChI is InChI=1S/C22H22N4O3/c1-14-3-4-18(7-15(14)2)26-11-17(9-21(26)27)22(28)25-12-19(13-25)29-20-8-16(10-23)5-6-24-20/h3-8,17,19H,9,11-13H2,1-2H3. The Labute approximate surface area is 169 Å². The summed E-state index contributed by atoms with van der Waals surface area (Å²) in [6, 6.07) is 11.2. The number of aromatic nitrogens is 1. The van der Waals surface area contributed by atoms with E-state index in [0.717, 1.165) is 11.3 Å². The molecule has 29 heavy (non-hydrogen) atoms. The smallest absolute Gasteiger partial charge is 0.228 e. The number of carbonyl (C=O) groups excluding carboxylic acids is 2. The van der Waals surface area contributed by atoms with Crippen LogP contribution < -0.4 is 9.64 Å². The highest BCUT2D eigenvalue weighted by molar-refractivity contribution is 6.00. The Bertz CT molecular complexity index is 1010. The van der Waals surface area contributed by atoms with Gasteiger partial charge >= 0.3 is 0 Å². The van der Waals surface area contributed by atoms with Gasteiger partial charge in [0.25, 0.3) is 0 Å². The Morgan fingerprint density at radius 1 is 1.17 bits per heavy atom. The quantitative estimate of drug-likeness (QED) is 0.799. The van der Waals surface area contributed by atoms with Crippen molar-refractivity contribution in [3.8, 4) is 11.9 Å². The van der Waals surface area contributed by atoms with Crippen molar-refractivity contribution in [2.75, 3.05) is 24.5 Å². The summed E-state index contributed by atoms with van der Waals surface area (Å²) in [7, 11) is 0. The second kappa shape index (κ2) is 7.55. The SMILES string of the molecule is Cc1ccc(N2CC(C(=O)N3CC(Oc4cc(C#N)ccn4)C3)CC2=O)cc1C. The summed E-state index contributed by atoms with van der Waals surface area (Å²) in [6.45, 7) is 5.39. The highest BCUT2D eigenvalue weighted by Gasteiger charge is 2.41. The summed E-state index contributed by atoms with van der Waals surface area (Å²) in [4.78, 5) is 32.8. The minimum Gasteiger partial charge on any atom is -0.471 e. The number of amides is 2. The number of likely N-dealkylation sites (tertiary alicyclic amines) is 1. The lowest BCUT2D eigenvalue weighted by Crippen LogP contribution is -2.57. The van der Waals surface area contributed by atoms with E-state index in [4.69, 9.17) is 10.00 Å². The summed E-state index contributed by atoms with van der Waals surface area (Å²) in [5.74, 6) is 0.0314. The van der Waals surface area contributed by atoms with Crippen LogP contribution in [0.1, 0.15) is 23.1 Å². The van der Waals surface area contributed by atoms with Gasteiger partial charge in [-0.1, -0.05) is 6.07 Å². The number of anilines is 1. The van der Waals surface area contributed by atoms with Crippen molar-refractivity contribution in [2.24, 2.45) is 5.92 Å². The molecule has 0 bridgehead atoms. The zero-order valence-electron chi connectivity index (χ0n) is 16.5. The second-order valence-corrected chi connectivity index (χ2v) is 7.65. The van der Waals surface area contributed by atoms with Gasteiger partial charge in [-0.05, 0) is 43.2 Å². The molecule has 7 heteroatoms. The number of rotatable bonds is 4. The second-order valence-electron chi connectivity index (χ2n) is 7.65. The first-order valence-electron chi connectivity index (χ1n) is 9.64. The number of nitrogens with zero attached hydrogens (tertiary/aromatic N) is 4. The number of aryl methyl sites for hydroxylation is 2. The molecule has 0 radical (unpaired) electrons. The van der Waals surface area contributed by atoms with Crippen LogP contribution in [0.15, 0.2) is 36.5 Å². The molecule has 2 aromatic rings. The molecule has 1 unspecified atom stereocenters. The maximum Gasteiger partial charge on any atom is 0.228 e. The zero-order valence-corrected chi connectivity index (χ0v) is 16.5. The molecule has 1 aromatic heterocycles. The first-order valence-corrected chi connectivity index (χ1v) is 9.64. The monoisotopic (exact) mass is 390 g/mol. The molecule has 0 saturated carbocycles. The summed E-state index contributed by atoms with van der Waals surface area (Å²) in [5.41, 5.74) is 3.64. The van der Waals surface area contributed by atoms with Gasteiger partial charge in [-0.2, -0.15) is 5.26 Å². The van der Waals surface area contributed by atoms with Gasteiger partial charge in [-0.15, -0.1) is 0 Å². The number of pyridine rings is 1. The van der Waals surface area contributed by atoms with Crippen molar-refractivity contribution in [3.63, 3.8) is 0 Å². The Hall–Kier alpha value is -3.40. The van der Waals surface area contributed by atoms with Gasteiger partial charge in [0.05, 0.1) is 30.6 Å². The fourth-order valence-corrected chi connectivity index (χ4v) is 3.68. The third kappa shape index (κ3) is 3.79. The van der Waals surface area contributed by atoms with Gasteiger partial charge in [0.2, 0.25) is 17.7 Å². The van der Waals surface area contributed by atoms with Gasteiger partial charge in [-0.3, -0.25) is 9.59 Å². The number of ether oxygens (including phenoxy) is 1. The number of hydrogen-bond donors (Lipinski definition) is 0. The van der Waals surface area contributed by atoms with E-state index in [1.54, 1.807) is 21.9 Å². The van der Waals surface area contributed by atoms with E-state index in [0.29, 0.717) is 31.1 Å². The third-order valence-electron chi connectivity index (χ3n) is 5.59. The Kier molecular flexibility index (Phi) is 4.93. The summed E-state index contributed by atoms with van der Waals surface area (Å²) >= 11 is 0. The number of nitriles is 1. The molecular formula is C22H22N4O3. The number of benzene rings is 1. The van der Waals surface area contributed by atoms with Crippen LogP contribution in [0.5, 0.6) is 5.88 Å². The Morgan fingerprint density at radius 3 is 2.69 bits per heavy atom. The molecule has 2 aliphatic rings. The molecule has 1 atom stereocenters. The van der Waals surface area contributed by atoms with Gasteiger partial charge in [0.1, 0.15) is 6.10 Å². The van der Waals surface area contributed by atoms with Crippen molar-refractivity contribution < 1.29 is 14.3 Å². The zero-order chi connectivity index (χ0) is 20.5. The highest BCUT2D eigenvalue weighted by Crippen LogP contribution is 2.29. The fraction of sp³-hybridized carbons (Fsp3) is 0.364. The van der Waals surface area contributed by atoms with E-state index >= 15 is 0 Å². The van der Waals surface area contributed by atoms with Crippen LogP contribution in [0, 0.1) is 31.1 Å². The normalized spacial score (nSPS) is 19.1. The van der Waals surface area contributed by atoms with Crippen LogP contribution in [-0.2, 0) is 9.59 Å². The van der Waals surface area contributed by atoms with Gasteiger partial charge in [0, 0.05) is 30.9 Å². The Balaban J connectivity index is 1.33. The van der Waals surface area contributed by atoms with E-state index in [1.165, 1.54) is 11.8 Å². The number of carbonyl (C=O) groups is 2. The van der Waals surface area contributed by atoms with Crippen LogP contribution in [0.3, 0.4) is 0 Å². The minimum atomic E-state index is -0.329. The molecule has 0 aliphatic carbocycles. The molecule has 2 fully saturated rings. The van der Waals surface area contributed by atoms with E-state index in [-0.39, 0.29) is 30.3 Å². The van der Waals surface area contributed by atoms with Crippen LogP contribution >= 0.6 is 0 Å². The van der Waals surface area contributed by atoms with E-state index in [9.17, 15) is 9.59 Å². The van der Waals surface area contributed by atoms with Crippen molar-refractivity contribution in [2.45, 2.75) is 26.4 Å². The van der Waals surface area contributed by atoms with E-state index in [2.05, 4.69) is 4.98 Å². The average Bonchev–Trinajstić information content (AvgIpc) is 3.08. The van der Waals surface area contributed by atoms with Crippen LogP contribution in [0.4, 0.5) is 5.69 Å². The van der Waals surface area contributed by atoms with Crippen molar-refractivity contribution >= 4 is 17.5 Å². The first kappa shape index (κ1) is 18.9. The van der Waals surface area contributed by atoms with Crippen molar-refractivity contribution in [1.82, 2.24) is 9.88 Å². The minimum absolute atomic E-state index is 0.0109. The Morgan fingerprint density at radius 2 is 1.97 bits per heavy atom. The first-order chi connectivity index (χ1) is 13.9.